The SMILES string of the molecule is COC(=O)[C@@]1(Cc2ccc(O)cc2)N[C@@H](c2cccs2)[C@H]2C(=O)N(c3ccc4c(c3)OCCO4)C(=O)[C@@H]21. The highest BCUT2D eigenvalue weighted by atomic mass is 32.1. The van der Waals surface area contributed by atoms with Crippen LogP contribution in [0, 0.1) is 11.8 Å². The van der Waals surface area contributed by atoms with Gasteiger partial charge >= 0.3 is 5.97 Å². The number of nitrogens with zero attached hydrogens (tertiary/aromatic N) is 1. The summed E-state index contributed by atoms with van der Waals surface area (Å²) >= 11 is 1.45. The molecule has 2 amide bonds. The molecule has 1 aromatic heterocycles. The Balaban J connectivity index is 1.47. The van der Waals surface area contributed by atoms with Gasteiger partial charge in [0.25, 0.3) is 0 Å². The number of rotatable bonds is 5. The number of aromatic hydroxyl groups is 1. The Morgan fingerprint density at radius 3 is 2.57 bits per heavy atom. The minimum atomic E-state index is -1.50. The Morgan fingerprint density at radius 1 is 1.11 bits per heavy atom. The van der Waals surface area contributed by atoms with Crippen LogP contribution < -0.4 is 19.7 Å². The number of carbonyl (C=O) groups is 3. The zero-order valence-corrected chi connectivity index (χ0v) is 20.7. The average Bonchev–Trinajstić information content (AvgIpc) is 3.62. The number of hydrogen-bond donors (Lipinski definition) is 2. The molecule has 0 aliphatic carbocycles. The van der Waals surface area contributed by atoms with Gasteiger partial charge in [0.1, 0.15) is 24.5 Å². The van der Waals surface area contributed by atoms with Gasteiger partial charge < -0.3 is 19.3 Å². The van der Waals surface area contributed by atoms with E-state index in [-0.39, 0.29) is 12.2 Å². The van der Waals surface area contributed by atoms with E-state index in [1.807, 2.05) is 17.5 Å². The monoisotopic (exact) mass is 520 g/mol. The first-order chi connectivity index (χ1) is 17.9. The number of fused-ring (bicyclic) bond motifs is 2. The average molecular weight is 521 g/mol. The Kier molecular flexibility index (Phi) is 5.65. The van der Waals surface area contributed by atoms with E-state index in [0.717, 1.165) is 9.78 Å². The molecule has 2 aromatic carbocycles. The number of esters is 1. The van der Waals surface area contributed by atoms with Crippen molar-refractivity contribution in [2.24, 2.45) is 11.8 Å². The number of carbonyl (C=O) groups excluding carboxylic acids is 3. The van der Waals surface area contributed by atoms with Gasteiger partial charge in [-0.1, -0.05) is 18.2 Å². The van der Waals surface area contributed by atoms with Crippen LogP contribution in [0.4, 0.5) is 5.69 Å². The first-order valence-electron chi connectivity index (χ1n) is 11.9. The van der Waals surface area contributed by atoms with Crippen molar-refractivity contribution in [3.05, 3.63) is 70.4 Å². The maximum atomic E-state index is 14.1. The van der Waals surface area contributed by atoms with Crippen molar-refractivity contribution in [3.63, 3.8) is 0 Å². The van der Waals surface area contributed by atoms with E-state index >= 15 is 0 Å². The highest BCUT2D eigenvalue weighted by Gasteiger charge is 2.69. The summed E-state index contributed by atoms with van der Waals surface area (Å²) in [6, 6.07) is 14.6. The summed E-state index contributed by atoms with van der Waals surface area (Å²) in [7, 11) is 1.27. The lowest BCUT2D eigenvalue weighted by Crippen LogP contribution is -2.57. The summed E-state index contributed by atoms with van der Waals surface area (Å²) in [5.74, 6) is -2.25. The zero-order valence-electron chi connectivity index (χ0n) is 19.9. The first-order valence-corrected chi connectivity index (χ1v) is 12.8. The lowest BCUT2D eigenvalue weighted by Gasteiger charge is -2.32. The number of amides is 2. The van der Waals surface area contributed by atoms with E-state index in [9.17, 15) is 19.5 Å². The van der Waals surface area contributed by atoms with Crippen LogP contribution in [0.2, 0.25) is 0 Å². The van der Waals surface area contributed by atoms with E-state index in [1.54, 1.807) is 30.3 Å². The predicted octanol–water partition coefficient (Wildman–Crippen LogP) is 2.83. The number of hydrogen-bond acceptors (Lipinski definition) is 9. The third-order valence-electron chi connectivity index (χ3n) is 7.26. The largest absolute Gasteiger partial charge is 0.508 e. The van der Waals surface area contributed by atoms with Gasteiger partial charge in [-0.15, -0.1) is 11.3 Å². The number of nitrogens with one attached hydrogen (secondary N) is 1. The van der Waals surface area contributed by atoms with Crippen LogP contribution in [0.3, 0.4) is 0 Å². The van der Waals surface area contributed by atoms with Crippen LogP contribution in [0.15, 0.2) is 60.0 Å². The van der Waals surface area contributed by atoms with Crippen molar-refractivity contribution in [3.8, 4) is 17.2 Å². The van der Waals surface area contributed by atoms with Crippen LogP contribution >= 0.6 is 11.3 Å². The second-order valence-corrected chi connectivity index (χ2v) is 10.3. The number of phenols is 1. The van der Waals surface area contributed by atoms with Crippen LogP contribution in [0.1, 0.15) is 16.5 Å². The van der Waals surface area contributed by atoms with Crippen molar-refractivity contribution in [1.29, 1.82) is 0 Å². The molecule has 3 aliphatic heterocycles. The lowest BCUT2D eigenvalue weighted by atomic mass is 9.76. The molecule has 10 heteroatoms. The first kappa shape index (κ1) is 23.5. The van der Waals surface area contributed by atoms with Gasteiger partial charge in [0.2, 0.25) is 11.8 Å². The Morgan fingerprint density at radius 2 is 1.86 bits per heavy atom. The molecule has 0 saturated carbocycles. The summed E-state index contributed by atoms with van der Waals surface area (Å²) < 4.78 is 16.5. The number of methoxy groups -OCH3 is 1. The van der Waals surface area contributed by atoms with Crippen molar-refractivity contribution < 1.29 is 33.7 Å². The molecule has 6 rings (SSSR count). The quantitative estimate of drug-likeness (QED) is 0.390. The normalized spacial score (nSPS) is 26.3. The Bertz CT molecular complexity index is 1370. The maximum absolute atomic E-state index is 14.1. The Labute approximate surface area is 216 Å². The van der Waals surface area contributed by atoms with E-state index in [4.69, 9.17) is 14.2 Å². The molecule has 4 atom stereocenters. The van der Waals surface area contributed by atoms with Crippen LogP contribution in [0.5, 0.6) is 17.2 Å². The minimum Gasteiger partial charge on any atom is -0.508 e. The van der Waals surface area contributed by atoms with E-state index in [2.05, 4.69) is 5.32 Å². The van der Waals surface area contributed by atoms with Gasteiger partial charge in [-0.3, -0.25) is 19.7 Å². The fraction of sp³-hybridized carbons (Fsp3) is 0.296. The fourth-order valence-electron chi connectivity index (χ4n) is 5.68. The molecule has 2 fully saturated rings. The molecule has 0 unspecified atom stereocenters. The summed E-state index contributed by atoms with van der Waals surface area (Å²) in [6.45, 7) is 0.789. The third-order valence-corrected chi connectivity index (χ3v) is 8.21. The van der Waals surface area contributed by atoms with E-state index in [1.165, 1.54) is 30.6 Å². The van der Waals surface area contributed by atoms with Gasteiger partial charge in [0, 0.05) is 17.4 Å². The smallest absolute Gasteiger partial charge is 0.327 e. The van der Waals surface area contributed by atoms with Crippen LogP contribution in [0.25, 0.3) is 0 Å². The second-order valence-electron chi connectivity index (χ2n) is 9.29. The minimum absolute atomic E-state index is 0.0847. The highest BCUT2D eigenvalue weighted by Crippen LogP contribution is 2.52. The summed E-state index contributed by atoms with van der Waals surface area (Å²) in [5, 5.41) is 15.0. The molecule has 190 valence electrons. The zero-order chi connectivity index (χ0) is 25.7. The fourth-order valence-corrected chi connectivity index (χ4v) is 6.50. The van der Waals surface area contributed by atoms with E-state index < -0.39 is 41.2 Å². The molecule has 3 aromatic rings. The molecule has 4 heterocycles. The van der Waals surface area contributed by atoms with Crippen molar-refractivity contribution in [2.45, 2.75) is 18.0 Å². The predicted molar refractivity (Wildman–Crippen MR) is 134 cm³/mol. The van der Waals surface area contributed by atoms with E-state index in [0.29, 0.717) is 36.0 Å². The maximum Gasteiger partial charge on any atom is 0.327 e. The van der Waals surface area contributed by atoms with Gasteiger partial charge in [0.05, 0.1) is 30.7 Å². The number of thiophene rings is 1. The van der Waals surface area contributed by atoms with Crippen LogP contribution in [-0.2, 0) is 25.5 Å². The number of phenolic OH excluding ortho intramolecular Hbond substituents is 1. The number of ether oxygens (including phenoxy) is 3. The molecule has 3 aliphatic rings. The van der Waals surface area contributed by atoms with Gasteiger partial charge in [-0.25, -0.2) is 4.90 Å². The van der Waals surface area contributed by atoms with Crippen molar-refractivity contribution in [1.82, 2.24) is 5.32 Å². The summed E-state index contributed by atoms with van der Waals surface area (Å²) in [4.78, 5) is 43.6. The number of benzene rings is 2. The van der Waals surface area contributed by atoms with Gasteiger partial charge in [-0.2, -0.15) is 0 Å². The molecule has 37 heavy (non-hydrogen) atoms. The molecule has 9 nitrogen and oxygen atoms in total. The van der Waals surface area contributed by atoms with Crippen molar-refractivity contribution in [2.75, 3.05) is 25.2 Å². The number of anilines is 1. The molecule has 0 spiro atoms. The van der Waals surface area contributed by atoms with Crippen molar-refractivity contribution >= 4 is 34.8 Å². The Hall–Kier alpha value is -3.89. The molecular weight excluding hydrogens is 496 g/mol. The third kappa shape index (κ3) is 3.67. The molecule has 2 N–H and O–H groups in total. The topological polar surface area (TPSA) is 114 Å². The molecular formula is C27H24N2O7S. The number of imide groups is 1. The van der Waals surface area contributed by atoms with Gasteiger partial charge in [0.15, 0.2) is 11.5 Å². The summed E-state index contributed by atoms with van der Waals surface area (Å²) in [5.41, 5.74) is -0.429. The molecule has 0 bridgehead atoms. The molecule has 2 saturated heterocycles. The molecule has 0 radical (unpaired) electrons. The highest BCUT2D eigenvalue weighted by molar-refractivity contribution is 7.10. The summed E-state index contributed by atoms with van der Waals surface area (Å²) in [6.07, 6.45) is 0.0942. The lowest BCUT2D eigenvalue weighted by molar-refractivity contribution is -0.152. The standard InChI is InChI=1S/C27H24N2O7S/c1-34-26(33)27(14-15-4-7-17(30)8-5-15)22-21(23(28-27)20-3-2-12-37-20)24(31)29(25(22)32)16-6-9-18-19(13-16)36-11-10-35-18/h2-9,12-13,21-23,28,30H,10-11,14H2,1H3/t21-,22+,23-,27-/m0/s1. The van der Waals surface area contributed by atoms with Gasteiger partial charge in [-0.05, 0) is 41.3 Å². The van der Waals surface area contributed by atoms with Crippen LogP contribution in [-0.4, -0.2) is 48.8 Å². The second kappa shape index (κ2) is 8.89.